The molecule has 0 bridgehead atoms. The zero-order chi connectivity index (χ0) is 27.0. The topological polar surface area (TPSA) is 98.8 Å². The van der Waals surface area contributed by atoms with Gasteiger partial charge in [0.25, 0.3) is 0 Å². The number of ether oxygens (including phenoxy) is 7. The van der Waals surface area contributed by atoms with Crippen molar-refractivity contribution in [3.05, 3.63) is 70.5 Å². The second-order valence-electron chi connectivity index (χ2n) is 8.56. The van der Waals surface area contributed by atoms with Crippen LogP contribution in [0.4, 0.5) is 0 Å². The third kappa shape index (κ3) is 4.06. The standard InChI is InChI=1S/C29H26O9/c1-32-20-8-6-7-16(28(20)36-5)18-13-25(30)37-19-10-9-17-27(31)24(38-29(17)26(18)19)12-15-11-22(34-3)23(35-4)14-21(15)33-2/h6-12,14,18H,13H2,1-5H3/b24-12-/t18-/m1/s1. The van der Waals surface area contributed by atoms with Gasteiger partial charge in [-0.05, 0) is 30.3 Å². The molecule has 0 saturated heterocycles. The minimum absolute atomic E-state index is 0.0348. The van der Waals surface area contributed by atoms with Crippen LogP contribution in [0.3, 0.4) is 0 Å². The van der Waals surface area contributed by atoms with Crippen LogP contribution in [-0.4, -0.2) is 47.3 Å². The highest BCUT2D eigenvalue weighted by atomic mass is 16.5. The van der Waals surface area contributed by atoms with Crippen LogP contribution in [0.5, 0.6) is 40.2 Å². The predicted octanol–water partition coefficient (Wildman–Crippen LogP) is 4.79. The minimum atomic E-state index is -0.492. The van der Waals surface area contributed by atoms with Crippen LogP contribution in [0.2, 0.25) is 0 Å². The first kappa shape index (κ1) is 25.0. The lowest BCUT2D eigenvalue weighted by Gasteiger charge is -2.27. The van der Waals surface area contributed by atoms with Gasteiger partial charge in [0.15, 0.2) is 28.8 Å². The number of methoxy groups -OCH3 is 5. The summed E-state index contributed by atoms with van der Waals surface area (Å²) in [6.07, 6.45) is 1.62. The van der Waals surface area contributed by atoms with Crippen LogP contribution in [0, 0.1) is 0 Å². The van der Waals surface area contributed by atoms with Crippen LogP contribution in [0.25, 0.3) is 6.08 Å². The molecule has 38 heavy (non-hydrogen) atoms. The molecular weight excluding hydrogens is 492 g/mol. The summed E-state index contributed by atoms with van der Waals surface area (Å²) >= 11 is 0. The van der Waals surface area contributed by atoms with Crippen molar-refractivity contribution < 1.29 is 42.7 Å². The van der Waals surface area contributed by atoms with E-state index in [-0.39, 0.29) is 18.0 Å². The fraction of sp³-hybridized carbons (Fsp3) is 0.241. The summed E-state index contributed by atoms with van der Waals surface area (Å²) < 4.78 is 39.1. The Morgan fingerprint density at radius 3 is 2.18 bits per heavy atom. The summed E-state index contributed by atoms with van der Waals surface area (Å²) in [6, 6.07) is 12.0. The van der Waals surface area contributed by atoms with Crippen LogP contribution >= 0.6 is 0 Å². The maximum atomic E-state index is 13.5. The molecule has 9 heteroatoms. The Balaban J connectivity index is 1.63. The molecule has 2 aliphatic heterocycles. The molecular formula is C29H26O9. The molecule has 0 aliphatic carbocycles. The molecule has 3 aromatic rings. The highest BCUT2D eigenvalue weighted by Crippen LogP contribution is 2.51. The van der Waals surface area contributed by atoms with E-state index in [1.165, 1.54) is 28.4 Å². The highest BCUT2D eigenvalue weighted by molar-refractivity contribution is 6.15. The average Bonchev–Trinajstić information content (AvgIpc) is 3.26. The molecule has 2 aliphatic rings. The number of esters is 1. The molecule has 5 rings (SSSR count). The fourth-order valence-electron chi connectivity index (χ4n) is 4.86. The third-order valence-corrected chi connectivity index (χ3v) is 6.61. The van der Waals surface area contributed by atoms with Gasteiger partial charge in [0.05, 0.1) is 47.5 Å². The van der Waals surface area contributed by atoms with E-state index in [1.54, 1.807) is 43.5 Å². The molecule has 0 amide bonds. The zero-order valence-corrected chi connectivity index (χ0v) is 21.6. The van der Waals surface area contributed by atoms with Crippen molar-refractivity contribution in [1.82, 2.24) is 0 Å². The molecule has 9 nitrogen and oxygen atoms in total. The summed E-state index contributed by atoms with van der Waals surface area (Å²) in [5.74, 6) is 1.99. The van der Waals surface area contributed by atoms with Gasteiger partial charge >= 0.3 is 5.97 Å². The van der Waals surface area contributed by atoms with E-state index in [4.69, 9.17) is 33.2 Å². The number of carbonyl (C=O) groups excluding carboxylic acids is 2. The largest absolute Gasteiger partial charge is 0.496 e. The molecule has 0 unspecified atom stereocenters. The normalized spacial score (nSPS) is 16.8. The number of carbonyl (C=O) groups is 2. The molecule has 0 radical (unpaired) electrons. The number of Topliss-reactive ketones (excluding diaryl/α,β-unsaturated/α-hetero) is 1. The van der Waals surface area contributed by atoms with Crippen LogP contribution in [0.15, 0.2) is 48.2 Å². The number of rotatable bonds is 7. The van der Waals surface area contributed by atoms with Crippen molar-refractivity contribution >= 4 is 17.8 Å². The highest BCUT2D eigenvalue weighted by Gasteiger charge is 2.40. The van der Waals surface area contributed by atoms with Gasteiger partial charge < -0.3 is 33.2 Å². The predicted molar refractivity (Wildman–Crippen MR) is 137 cm³/mol. The fourth-order valence-corrected chi connectivity index (χ4v) is 4.86. The molecule has 2 heterocycles. The van der Waals surface area contributed by atoms with Crippen molar-refractivity contribution in [1.29, 1.82) is 0 Å². The molecule has 196 valence electrons. The maximum absolute atomic E-state index is 13.5. The van der Waals surface area contributed by atoms with E-state index < -0.39 is 11.9 Å². The molecule has 0 spiro atoms. The summed E-state index contributed by atoms with van der Waals surface area (Å²) in [4.78, 5) is 26.0. The molecule has 0 aromatic heterocycles. The van der Waals surface area contributed by atoms with Crippen molar-refractivity contribution in [3.63, 3.8) is 0 Å². The smallest absolute Gasteiger partial charge is 0.312 e. The zero-order valence-electron chi connectivity index (χ0n) is 21.6. The van der Waals surface area contributed by atoms with E-state index in [1.807, 2.05) is 12.1 Å². The molecule has 0 fully saturated rings. The van der Waals surface area contributed by atoms with Crippen LogP contribution in [-0.2, 0) is 4.79 Å². The van der Waals surface area contributed by atoms with Gasteiger partial charge in [-0.25, -0.2) is 0 Å². The Kier molecular flexibility index (Phi) is 6.59. The van der Waals surface area contributed by atoms with E-state index in [0.29, 0.717) is 62.5 Å². The molecule has 1 atom stereocenters. The number of para-hydroxylation sites is 1. The summed E-state index contributed by atoms with van der Waals surface area (Å²) in [5.41, 5.74) is 2.23. The number of benzene rings is 3. The van der Waals surface area contributed by atoms with Crippen molar-refractivity contribution in [2.75, 3.05) is 35.5 Å². The average molecular weight is 519 g/mol. The molecule has 0 N–H and O–H groups in total. The SMILES string of the molecule is COc1cc(OC)c(OC)cc1/C=C1\Oc2c(ccc3c2[C@@H](c2cccc(OC)c2OC)CC(=O)O3)C1=O. The van der Waals surface area contributed by atoms with E-state index in [2.05, 4.69) is 0 Å². The number of ketones is 1. The van der Waals surface area contributed by atoms with Crippen LogP contribution in [0.1, 0.15) is 39.4 Å². The van der Waals surface area contributed by atoms with Gasteiger partial charge in [0.2, 0.25) is 5.78 Å². The number of hydrogen-bond acceptors (Lipinski definition) is 9. The quantitative estimate of drug-likeness (QED) is 0.248. The monoisotopic (exact) mass is 518 g/mol. The Morgan fingerprint density at radius 2 is 1.50 bits per heavy atom. The van der Waals surface area contributed by atoms with Crippen molar-refractivity contribution in [2.45, 2.75) is 12.3 Å². The van der Waals surface area contributed by atoms with E-state index in [0.717, 1.165) is 0 Å². The van der Waals surface area contributed by atoms with Gasteiger partial charge in [-0.15, -0.1) is 0 Å². The van der Waals surface area contributed by atoms with Crippen molar-refractivity contribution in [2.24, 2.45) is 0 Å². The Labute approximate surface area is 219 Å². The molecule has 3 aromatic carbocycles. The second kappa shape index (κ2) is 10.0. The lowest BCUT2D eigenvalue weighted by atomic mass is 9.84. The number of hydrogen-bond donors (Lipinski definition) is 0. The van der Waals surface area contributed by atoms with Gasteiger partial charge in [-0.3, -0.25) is 9.59 Å². The van der Waals surface area contributed by atoms with Gasteiger partial charge in [-0.1, -0.05) is 12.1 Å². The first-order valence-electron chi connectivity index (χ1n) is 11.8. The van der Waals surface area contributed by atoms with Gasteiger partial charge in [0, 0.05) is 28.7 Å². The minimum Gasteiger partial charge on any atom is -0.496 e. The lowest BCUT2D eigenvalue weighted by molar-refractivity contribution is -0.135. The van der Waals surface area contributed by atoms with Crippen molar-refractivity contribution in [3.8, 4) is 40.2 Å². The summed E-state index contributed by atoms with van der Waals surface area (Å²) in [7, 11) is 7.65. The first-order valence-corrected chi connectivity index (χ1v) is 11.8. The first-order chi connectivity index (χ1) is 18.4. The Bertz CT molecular complexity index is 1470. The Hall–Kier alpha value is -4.66. The summed E-state index contributed by atoms with van der Waals surface area (Å²) in [5, 5.41) is 0. The lowest BCUT2D eigenvalue weighted by Crippen LogP contribution is -2.22. The Morgan fingerprint density at radius 1 is 0.789 bits per heavy atom. The second-order valence-corrected chi connectivity index (χ2v) is 8.56. The number of fused-ring (bicyclic) bond motifs is 3. The third-order valence-electron chi connectivity index (χ3n) is 6.61. The molecule has 0 saturated carbocycles. The summed E-state index contributed by atoms with van der Waals surface area (Å²) in [6.45, 7) is 0. The van der Waals surface area contributed by atoms with Crippen LogP contribution < -0.4 is 33.2 Å². The number of allylic oxidation sites excluding steroid dienone is 1. The van der Waals surface area contributed by atoms with E-state index in [9.17, 15) is 9.59 Å². The van der Waals surface area contributed by atoms with Gasteiger partial charge in [0.1, 0.15) is 17.2 Å². The van der Waals surface area contributed by atoms with E-state index >= 15 is 0 Å². The maximum Gasteiger partial charge on any atom is 0.312 e. The van der Waals surface area contributed by atoms with Gasteiger partial charge in [-0.2, -0.15) is 0 Å².